The summed E-state index contributed by atoms with van der Waals surface area (Å²) in [7, 11) is 2.07. The number of alkyl halides is 3. The van der Waals surface area contributed by atoms with Gasteiger partial charge in [0.2, 0.25) is 0 Å². The molecule has 1 aliphatic rings. The monoisotopic (exact) mass is 438 g/mol. The van der Waals surface area contributed by atoms with Crippen molar-refractivity contribution in [3.8, 4) is 5.75 Å². The molecule has 0 bridgehead atoms. The molecule has 0 aliphatic carbocycles. The molecule has 8 nitrogen and oxygen atoms in total. The van der Waals surface area contributed by atoms with Crippen LogP contribution >= 0.6 is 11.3 Å². The van der Waals surface area contributed by atoms with Crippen LogP contribution in [0.4, 0.5) is 29.8 Å². The molecule has 0 atom stereocenters. The van der Waals surface area contributed by atoms with Gasteiger partial charge >= 0.3 is 12.1 Å². The molecule has 0 amide bonds. The van der Waals surface area contributed by atoms with Crippen molar-refractivity contribution < 1.29 is 22.7 Å². The number of aromatic nitrogens is 3. The number of piperazine rings is 1. The van der Waals surface area contributed by atoms with Crippen molar-refractivity contribution in [1.82, 2.24) is 19.9 Å². The van der Waals surface area contributed by atoms with Crippen LogP contribution in [0.5, 0.6) is 5.75 Å². The van der Waals surface area contributed by atoms with Crippen LogP contribution < -0.4 is 15.0 Å². The maximum atomic E-state index is 12.4. The summed E-state index contributed by atoms with van der Waals surface area (Å²) in [5, 5.41) is 3.88. The smallest absolute Gasteiger partial charge is 0.420 e. The van der Waals surface area contributed by atoms with E-state index in [2.05, 4.69) is 41.9 Å². The number of fused-ring (bicyclic) bond motifs is 1. The first-order chi connectivity index (χ1) is 14.3. The normalized spacial score (nSPS) is 15.4. The number of carbonyl (C=O) groups excluding carboxylic acids is 1. The number of hydrogen-bond donors (Lipinski definition) is 1. The van der Waals surface area contributed by atoms with E-state index in [1.807, 2.05) is 0 Å². The van der Waals surface area contributed by atoms with Gasteiger partial charge in [-0.1, -0.05) is 17.4 Å². The SMILES string of the molecule is CN1CCN(c2nc3ncnc(Nc4cccc(OC(=O)C(F)(F)F)c4)c3s2)CC1. The van der Waals surface area contributed by atoms with Crippen LogP contribution in [-0.4, -0.2) is 65.2 Å². The minimum Gasteiger partial charge on any atom is -0.420 e. The van der Waals surface area contributed by atoms with Gasteiger partial charge in [0.15, 0.2) is 16.6 Å². The lowest BCUT2D eigenvalue weighted by Crippen LogP contribution is -2.44. The van der Waals surface area contributed by atoms with Crippen LogP contribution in [-0.2, 0) is 4.79 Å². The summed E-state index contributed by atoms with van der Waals surface area (Å²) in [6.07, 6.45) is -3.70. The average Bonchev–Trinajstić information content (AvgIpc) is 3.13. The van der Waals surface area contributed by atoms with E-state index >= 15 is 0 Å². The number of benzene rings is 1. The Morgan fingerprint density at radius 1 is 1.20 bits per heavy atom. The Morgan fingerprint density at radius 3 is 2.70 bits per heavy atom. The van der Waals surface area contributed by atoms with Gasteiger partial charge in [-0.25, -0.2) is 14.8 Å². The third-order valence-electron chi connectivity index (χ3n) is 4.49. The predicted octanol–water partition coefficient (Wildman–Crippen LogP) is 3.05. The number of esters is 1. The first kappa shape index (κ1) is 20.3. The molecule has 0 unspecified atom stereocenters. The second-order valence-corrected chi connectivity index (χ2v) is 7.68. The number of nitrogens with one attached hydrogen (secondary N) is 1. The molecule has 1 N–H and O–H groups in total. The van der Waals surface area contributed by atoms with Crippen molar-refractivity contribution in [3.63, 3.8) is 0 Å². The van der Waals surface area contributed by atoms with Crippen molar-refractivity contribution in [2.45, 2.75) is 6.18 Å². The van der Waals surface area contributed by atoms with Gasteiger partial charge < -0.3 is 19.9 Å². The zero-order valence-corrected chi connectivity index (χ0v) is 16.6. The van der Waals surface area contributed by atoms with E-state index in [4.69, 9.17) is 0 Å². The molecule has 158 valence electrons. The molecule has 0 radical (unpaired) electrons. The molecule has 3 aromatic rings. The van der Waals surface area contributed by atoms with E-state index in [-0.39, 0.29) is 5.75 Å². The Bertz CT molecular complexity index is 1070. The molecular weight excluding hydrogens is 421 g/mol. The number of rotatable bonds is 4. The largest absolute Gasteiger partial charge is 0.491 e. The van der Waals surface area contributed by atoms with Gasteiger partial charge in [0.1, 0.15) is 16.8 Å². The second-order valence-electron chi connectivity index (χ2n) is 6.70. The summed E-state index contributed by atoms with van der Waals surface area (Å²) < 4.78 is 42.3. The van der Waals surface area contributed by atoms with Crippen molar-refractivity contribution in [3.05, 3.63) is 30.6 Å². The quantitative estimate of drug-likeness (QED) is 0.492. The van der Waals surface area contributed by atoms with E-state index < -0.39 is 12.1 Å². The molecule has 0 spiro atoms. The van der Waals surface area contributed by atoms with E-state index in [9.17, 15) is 18.0 Å². The molecule has 1 fully saturated rings. The lowest BCUT2D eigenvalue weighted by molar-refractivity contribution is -0.189. The fourth-order valence-electron chi connectivity index (χ4n) is 2.90. The van der Waals surface area contributed by atoms with Gasteiger partial charge in [0.05, 0.1) is 0 Å². The number of hydrogen-bond acceptors (Lipinski definition) is 9. The molecular formula is C18H17F3N6O2S. The van der Waals surface area contributed by atoms with Crippen LogP contribution in [0.25, 0.3) is 10.3 Å². The summed E-state index contributed by atoms with van der Waals surface area (Å²) in [5.74, 6) is -2.03. The van der Waals surface area contributed by atoms with Crippen molar-refractivity contribution in [2.24, 2.45) is 0 Å². The number of likely N-dealkylation sites (N-methyl/N-ethyl adjacent to an activating group) is 1. The highest BCUT2D eigenvalue weighted by Crippen LogP contribution is 2.34. The highest BCUT2D eigenvalue weighted by molar-refractivity contribution is 7.22. The molecule has 1 aromatic carbocycles. The minimum atomic E-state index is -5.06. The molecule has 2 aromatic heterocycles. The number of carbonyl (C=O) groups is 1. The molecule has 30 heavy (non-hydrogen) atoms. The van der Waals surface area contributed by atoms with Crippen molar-refractivity contribution in [1.29, 1.82) is 0 Å². The fourth-order valence-corrected chi connectivity index (χ4v) is 3.92. The zero-order valence-electron chi connectivity index (χ0n) is 15.8. The summed E-state index contributed by atoms with van der Waals surface area (Å²) in [5.41, 5.74) is 0.947. The van der Waals surface area contributed by atoms with Gasteiger partial charge in [0.25, 0.3) is 0 Å². The van der Waals surface area contributed by atoms with Crippen molar-refractivity contribution >= 4 is 44.3 Å². The third-order valence-corrected chi connectivity index (χ3v) is 5.60. The highest BCUT2D eigenvalue weighted by atomic mass is 32.1. The summed E-state index contributed by atoms with van der Waals surface area (Å²) in [4.78, 5) is 28.5. The Labute approximate surface area is 173 Å². The Kier molecular flexibility index (Phi) is 5.43. The van der Waals surface area contributed by atoms with E-state index in [0.717, 1.165) is 36.0 Å². The Balaban J connectivity index is 1.55. The second kappa shape index (κ2) is 8.03. The van der Waals surface area contributed by atoms with Crippen LogP contribution in [0.1, 0.15) is 0 Å². The maximum absolute atomic E-state index is 12.4. The number of ether oxygens (including phenoxy) is 1. The van der Waals surface area contributed by atoms with Crippen LogP contribution in [0.15, 0.2) is 30.6 Å². The lowest BCUT2D eigenvalue weighted by atomic mass is 10.3. The highest BCUT2D eigenvalue weighted by Gasteiger charge is 2.41. The zero-order chi connectivity index (χ0) is 21.3. The van der Waals surface area contributed by atoms with Crippen molar-refractivity contribution in [2.75, 3.05) is 43.4 Å². The number of nitrogens with zero attached hydrogens (tertiary/aromatic N) is 5. The Hall–Kier alpha value is -2.99. The van der Waals surface area contributed by atoms with Gasteiger partial charge in [-0.3, -0.25) is 0 Å². The summed E-state index contributed by atoms with van der Waals surface area (Å²) in [6.45, 7) is 3.60. The van der Waals surface area contributed by atoms with E-state index in [1.165, 1.54) is 35.9 Å². The number of thiazole rings is 1. The first-order valence-electron chi connectivity index (χ1n) is 9.01. The van der Waals surface area contributed by atoms with E-state index in [0.29, 0.717) is 17.2 Å². The lowest BCUT2D eigenvalue weighted by Gasteiger charge is -2.31. The molecule has 4 rings (SSSR count). The molecule has 0 saturated carbocycles. The molecule has 1 saturated heterocycles. The van der Waals surface area contributed by atoms with Crippen LogP contribution in [0.3, 0.4) is 0 Å². The number of anilines is 3. The van der Waals surface area contributed by atoms with Gasteiger partial charge in [0, 0.05) is 37.9 Å². The predicted molar refractivity (Wildman–Crippen MR) is 106 cm³/mol. The topological polar surface area (TPSA) is 83.5 Å². The van der Waals surface area contributed by atoms with Gasteiger partial charge in [-0.15, -0.1) is 0 Å². The van der Waals surface area contributed by atoms with Gasteiger partial charge in [-0.05, 0) is 19.2 Å². The fraction of sp³-hybridized carbons (Fsp3) is 0.333. The minimum absolute atomic E-state index is 0.227. The molecule has 3 heterocycles. The summed E-state index contributed by atoms with van der Waals surface area (Å²) >= 11 is 1.44. The molecule has 1 aliphatic heterocycles. The van der Waals surface area contributed by atoms with Crippen LogP contribution in [0, 0.1) is 0 Å². The average molecular weight is 438 g/mol. The Morgan fingerprint density at radius 2 is 1.97 bits per heavy atom. The van der Waals surface area contributed by atoms with Gasteiger partial charge in [-0.2, -0.15) is 18.2 Å². The molecule has 12 heteroatoms. The standard InChI is InChI=1S/C18H17F3N6O2S/c1-26-5-7-27(8-6-26)17-25-15-13(30-17)14(22-10-23-15)24-11-3-2-4-12(9-11)29-16(28)18(19,20)21/h2-4,9-10H,5-8H2,1H3,(H,22,23,24). The van der Waals surface area contributed by atoms with Crippen LogP contribution in [0.2, 0.25) is 0 Å². The number of halogens is 3. The first-order valence-corrected chi connectivity index (χ1v) is 9.82. The third kappa shape index (κ3) is 4.44. The summed E-state index contributed by atoms with van der Waals surface area (Å²) in [6, 6.07) is 5.66. The van der Waals surface area contributed by atoms with E-state index in [1.54, 1.807) is 6.07 Å². The maximum Gasteiger partial charge on any atom is 0.491 e.